The number of likely N-dealkylation sites (tertiary alicyclic amines) is 1. The van der Waals surface area contributed by atoms with Crippen LogP contribution in [0.3, 0.4) is 0 Å². The predicted molar refractivity (Wildman–Crippen MR) is 72.2 cm³/mol. The minimum atomic E-state index is 0.488. The fourth-order valence-electron chi connectivity index (χ4n) is 2.85. The smallest absolute Gasteiger partial charge is 0.191 e. The fraction of sp³-hybridized carbons (Fsp3) is 0.923. The highest BCUT2D eigenvalue weighted by atomic mass is 15.3. The van der Waals surface area contributed by atoms with E-state index in [0.29, 0.717) is 12.1 Å². The van der Waals surface area contributed by atoms with Crippen molar-refractivity contribution < 1.29 is 0 Å². The van der Waals surface area contributed by atoms with Crippen LogP contribution in [-0.2, 0) is 0 Å². The minimum Gasteiger partial charge on any atom is -0.370 e. The molecule has 4 nitrogen and oxygen atoms in total. The largest absolute Gasteiger partial charge is 0.370 e. The minimum absolute atomic E-state index is 0.488. The molecule has 0 aromatic heterocycles. The van der Waals surface area contributed by atoms with Crippen molar-refractivity contribution in [2.75, 3.05) is 27.2 Å². The molecule has 2 fully saturated rings. The number of likely N-dealkylation sites (N-methyl/N-ethyl adjacent to an activating group) is 1. The Hall–Kier alpha value is -0.770. The summed E-state index contributed by atoms with van der Waals surface area (Å²) in [6.45, 7) is 2.10. The van der Waals surface area contributed by atoms with Crippen LogP contribution < -0.4 is 5.73 Å². The normalized spacial score (nSPS) is 28.1. The van der Waals surface area contributed by atoms with Gasteiger partial charge >= 0.3 is 0 Å². The zero-order valence-corrected chi connectivity index (χ0v) is 11.2. The van der Waals surface area contributed by atoms with Crippen molar-refractivity contribution >= 4 is 5.96 Å². The fourth-order valence-corrected chi connectivity index (χ4v) is 2.85. The summed E-state index contributed by atoms with van der Waals surface area (Å²) in [7, 11) is 4.28. The van der Waals surface area contributed by atoms with E-state index in [0.717, 1.165) is 19.0 Å². The molecule has 1 atom stereocenters. The summed E-state index contributed by atoms with van der Waals surface area (Å²) < 4.78 is 0. The maximum Gasteiger partial charge on any atom is 0.191 e. The number of hydrogen-bond acceptors (Lipinski definition) is 2. The quantitative estimate of drug-likeness (QED) is 0.582. The molecule has 1 saturated heterocycles. The number of hydrogen-bond donors (Lipinski definition) is 1. The molecule has 4 heteroatoms. The molecular formula is C13H26N4. The van der Waals surface area contributed by atoms with Gasteiger partial charge in [0.15, 0.2) is 5.96 Å². The van der Waals surface area contributed by atoms with Crippen molar-refractivity contribution in [2.45, 2.75) is 50.6 Å². The van der Waals surface area contributed by atoms with Gasteiger partial charge in [0, 0.05) is 19.1 Å². The predicted octanol–water partition coefficient (Wildman–Crippen LogP) is 1.27. The summed E-state index contributed by atoms with van der Waals surface area (Å²) in [5.74, 6) is 0.779. The highest BCUT2D eigenvalue weighted by molar-refractivity contribution is 5.78. The lowest BCUT2D eigenvalue weighted by Crippen LogP contribution is -2.39. The van der Waals surface area contributed by atoms with Gasteiger partial charge in [-0.25, -0.2) is 4.99 Å². The number of nitrogens with zero attached hydrogens (tertiary/aromatic N) is 3. The average Bonchev–Trinajstić information content (AvgIpc) is 2.79. The van der Waals surface area contributed by atoms with E-state index in [1.165, 1.54) is 38.5 Å². The van der Waals surface area contributed by atoms with Crippen molar-refractivity contribution in [2.24, 2.45) is 10.7 Å². The first-order chi connectivity index (χ1) is 8.16. The Morgan fingerprint density at radius 1 is 1.18 bits per heavy atom. The van der Waals surface area contributed by atoms with Gasteiger partial charge in [0.25, 0.3) is 0 Å². The molecule has 0 aromatic carbocycles. The second-order valence-corrected chi connectivity index (χ2v) is 5.63. The molecule has 0 spiro atoms. The van der Waals surface area contributed by atoms with Crippen LogP contribution in [0.1, 0.15) is 38.5 Å². The summed E-state index contributed by atoms with van der Waals surface area (Å²) >= 11 is 0. The molecule has 1 aliphatic carbocycles. The van der Waals surface area contributed by atoms with Gasteiger partial charge in [0.2, 0.25) is 0 Å². The lowest BCUT2D eigenvalue weighted by molar-refractivity contribution is 0.300. The third-order valence-electron chi connectivity index (χ3n) is 4.11. The zero-order chi connectivity index (χ0) is 12.3. The van der Waals surface area contributed by atoms with Crippen LogP contribution in [0.5, 0.6) is 0 Å². The van der Waals surface area contributed by atoms with E-state index in [-0.39, 0.29) is 0 Å². The van der Waals surface area contributed by atoms with Gasteiger partial charge in [-0.15, -0.1) is 0 Å². The molecule has 2 N–H and O–H groups in total. The monoisotopic (exact) mass is 238 g/mol. The average molecular weight is 238 g/mol. The second kappa shape index (κ2) is 5.71. The summed E-state index contributed by atoms with van der Waals surface area (Å²) in [5.41, 5.74) is 6.13. The molecule has 0 bridgehead atoms. The van der Waals surface area contributed by atoms with Crippen molar-refractivity contribution in [3.63, 3.8) is 0 Å². The Bertz CT molecular complexity index is 269. The Kier molecular flexibility index (Phi) is 4.26. The molecular weight excluding hydrogens is 212 g/mol. The molecule has 1 saturated carbocycles. The molecule has 1 aliphatic heterocycles. The van der Waals surface area contributed by atoms with Crippen LogP contribution in [0, 0.1) is 0 Å². The van der Waals surface area contributed by atoms with Gasteiger partial charge in [0.1, 0.15) is 0 Å². The summed E-state index contributed by atoms with van der Waals surface area (Å²) in [6, 6.07) is 1.12. The Morgan fingerprint density at radius 2 is 1.88 bits per heavy atom. The van der Waals surface area contributed by atoms with Crippen LogP contribution in [-0.4, -0.2) is 55.0 Å². The van der Waals surface area contributed by atoms with Crippen molar-refractivity contribution in [1.29, 1.82) is 0 Å². The van der Waals surface area contributed by atoms with Crippen LogP contribution in [0.4, 0.5) is 0 Å². The number of aliphatic imine (C=N–C) groups is 1. The lowest BCUT2D eigenvalue weighted by Gasteiger charge is -2.23. The molecule has 17 heavy (non-hydrogen) atoms. The van der Waals surface area contributed by atoms with E-state index < -0.39 is 0 Å². The first kappa shape index (κ1) is 12.7. The van der Waals surface area contributed by atoms with Crippen molar-refractivity contribution in [1.82, 2.24) is 9.80 Å². The molecule has 1 unspecified atom stereocenters. The molecule has 0 radical (unpaired) electrons. The maximum atomic E-state index is 6.13. The third kappa shape index (κ3) is 3.35. The van der Waals surface area contributed by atoms with Gasteiger partial charge in [-0.1, -0.05) is 19.3 Å². The second-order valence-electron chi connectivity index (χ2n) is 5.63. The topological polar surface area (TPSA) is 44.9 Å². The zero-order valence-electron chi connectivity index (χ0n) is 11.2. The molecule has 1 heterocycles. The van der Waals surface area contributed by atoms with E-state index >= 15 is 0 Å². The molecule has 2 rings (SSSR count). The van der Waals surface area contributed by atoms with E-state index in [4.69, 9.17) is 10.7 Å². The van der Waals surface area contributed by atoms with E-state index in [2.05, 4.69) is 23.9 Å². The van der Waals surface area contributed by atoms with E-state index in [9.17, 15) is 0 Å². The number of guanidine groups is 1. The van der Waals surface area contributed by atoms with Gasteiger partial charge in [-0.2, -0.15) is 0 Å². The summed E-state index contributed by atoms with van der Waals surface area (Å²) in [6.07, 6.45) is 7.67. The van der Waals surface area contributed by atoms with Gasteiger partial charge in [0.05, 0.1) is 6.04 Å². The van der Waals surface area contributed by atoms with Gasteiger partial charge < -0.3 is 15.5 Å². The molecule has 0 amide bonds. The molecule has 0 aromatic rings. The standard InChI is InChI=1S/C13H26N4/c1-16(2)12-8-9-17(10-12)13(14)15-11-6-4-3-5-7-11/h11-12H,3-10H2,1-2H3,(H2,14,15). The first-order valence-electron chi connectivity index (χ1n) is 6.91. The summed E-state index contributed by atoms with van der Waals surface area (Å²) in [4.78, 5) is 9.25. The highest BCUT2D eigenvalue weighted by Gasteiger charge is 2.25. The van der Waals surface area contributed by atoms with Crippen molar-refractivity contribution in [3.8, 4) is 0 Å². The first-order valence-corrected chi connectivity index (χ1v) is 6.91. The number of rotatable bonds is 2. The van der Waals surface area contributed by atoms with E-state index in [1.807, 2.05) is 0 Å². The number of nitrogens with two attached hydrogens (primary N) is 1. The van der Waals surface area contributed by atoms with Gasteiger partial charge in [-0.05, 0) is 33.4 Å². The summed E-state index contributed by atoms with van der Waals surface area (Å²) in [5, 5.41) is 0. The lowest BCUT2D eigenvalue weighted by atomic mass is 9.96. The maximum absolute atomic E-state index is 6.13. The van der Waals surface area contributed by atoms with Crippen LogP contribution >= 0.6 is 0 Å². The van der Waals surface area contributed by atoms with Crippen LogP contribution in [0.15, 0.2) is 4.99 Å². The van der Waals surface area contributed by atoms with Gasteiger partial charge in [-0.3, -0.25) is 0 Å². The Labute approximate surface area is 105 Å². The molecule has 2 aliphatic rings. The highest BCUT2D eigenvalue weighted by Crippen LogP contribution is 2.21. The third-order valence-corrected chi connectivity index (χ3v) is 4.11. The molecule has 98 valence electrons. The van der Waals surface area contributed by atoms with Crippen molar-refractivity contribution in [3.05, 3.63) is 0 Å². The Morgan fingerprint density at radius 3 is 2.47 bits per heavy atom. The SMILES string of the molecule is CN(C)C1CCN(C(N)=NC2CCCCC2)C1. The van der Waals surface area contributed by atoms with Crippen LogP contribution in [0.25, 0.3) is 0 Å². The van der Waals surface area contributed by atoms with Crippen LogP contribution in [0.2, 0.25) is 0 Å². The Balaban J connectivity index is 1.87. The van der Waals surface area contributed by atoms with E-state index in [1.54, 1.807) is 0 Å².